The van der Waals surface area contributed by atoms with Crippen LogP contribution in [0.15, 0.2) is 54.6 Å². The summed E-state index contributed by atoms with van der Waals surface area (Å²) < 4.78 is 37.4. The second kappa shape index (κ2) is 5.84. The van der Waals surface area contributed by atoms with Crippen molar-refractivity contribution in [3.05, 3.63) is 66.0 Å². The van der Waals surface area contributed by atoms with E-state index in [0.29, 0.717) is 5.69 Å². The Bertz CT molecular complexity index is 900. The molecular formula is C18H17FN2O3S. The van der Waals surface area contributed by atoms with Crippen molar-refractivity contribution < 1.29 is 17.6 Å². The number of urea groups is 1. The summed E-state index contributed by atoms with van der Waals surface area (Å²) in [5, 5.41) is 0. The fourth-order valence-corrected chi connectivity index (χ4v) is 5.59. The highest BCUT2D eigenvalue weighted by Crippen LogP contribution is 2.35. The van der Waals surface area contributed by atoms with E-state index in [-0.39, 0.29) is 42.0 Å². The molecule has 0 aromatic heterocycles. The molecular weight excluding hydrogens is 343 g/mol. The summed E-state index contributed by atoms with van der Waals surface area (Å²) in [6.45, 7) is 0.263. The Balaban J connectivity index is 1.69. The molecule has 2 aromatic carbocycles. The zero-order valence-corrected chi connectivity index (χ0v) is 14.2. The number of para-hydroxylation sites is 1. The summed E-state index contributed by atoms with van der Waals surface area (Å²) in [4.78, 5) is 16.2. The molecule has 2 aromatic rings. The van der Waals surface area contributed by atoms with Gasteiger partial charge in [0.1, 0.15) is 5.82 Å². The van der Waals surface area contributed by atoms with Crippen LogP contribution in [0.3, 0.4) is 0 Å². The van der Waals surface area contributed by atoms with Crippen LogP contribution in [0.1, 0.15) is 5.56 Å². The van der Waals surface area contributed by atoms with Crippen molar-refractivity contribution in [3.63, 3.8) is 0 Å². The first kappa shape index (κ1) is 16.1. The maximum absolute atomic E-state index is 13.1. The Kier molecular flexibility index (Phi) is 3.76. The number of carbonyl (C=O) groups excluding carboxylic acids is 1. The van der Waals surface area contributed by atoms with E-state index in [0.717, 1.165) is 5.56 Å². The molecule has 2 aliphatic rings. The van der Waals surface area contributed by atoms with Gasteiger partial charge in [0.2, 0.25) is 0 Å². The number of fused-ring (bicyclic) bond motifs is 1. The Morgan fingerprint density at radius 1 is 0.960 bits per heavy atom. The van der Waals surface area contributed by atoms with Crippen molar-refractivity contribution >= 4 is 21.6 Å². The van der Waals surface area contributed by atoms with E-state index in [1.165, 1.54) is 12.1 Å². The van der Waals surface area contributed by atoms with Gasteiger partial charge in [-0.1, -0.05) is 30.3 Å². The van der Waals surface area contributed by atoms with Crippen LogP contribution in [-0.4, -0.2) is 42.9 Å². The highest BCUT2D eigenvalue weighted by molar-refractivity contribution is 7.91. The van der Waals surface area contributed by atoms with Crippen LogP contribution < -0.4 is 4.90 Å². The van der Waals surface area contributed by atoms with Gasteiger partial charge in [0.25, 0.3) is 0 Å². The lowest BCUT2D eigenvalue weighted by Gasteiger charge is -2.22. The van der Waals surface area contributed by atoms with Gasteiger partial charge in [-0.05, 0) is 29.8 Å². The molecule has 0 spiro atoms. The first-order valence-corrected chi connectivity index (χ1v) is 9.86. The monoisotopic (exact) mass is 360 g/mol. The molecule has 2 saturated heterocycles. The van der Waals surface area contributed by atoms with Crippen LogP contribution in [0.2, 0.25) is 0 Å². The quantitative estimate of drug-likeness (QED) is 0.790. The van der Waals surface area contributed by atoms with Gasteiger partial charge < -0.3 is 4.90 Å². The number of halogens is 1. The molecule has 5 nitrogen and oxygen atoms in total. The van der Waals surface area contributed by atoms with E-state index in [1.54, 1.807) is 34.1 Å². The molecule has 25 heavy (non-hydrogen) atoms. The number of amides is 2. The van der Waals surface area contributed by atoms with Gasteiger partial charge in [-0.2, -0.15) is 0 Å². The number of carbonyl (C=O) groups is 1. The second-order valence-electron chi connectivity index (χ2n) is 6.45. The molecule has 0 radical (unpaired) electrons. The number of hydrogen-bond donors (Lipinski definition) is 0. The number of hydrogen-bond acceptors (Lipinski definition) is 3. The fourth-order valence-electron chi connectivity index (χ4n) is 3.64. The average molecular weight is 360 g/mol. The van der Waals surface area contributed by atoms with E-state index in [2.05, 4.69) is 0 Å². The van der Waals surface area contributed by atoms with Crippen molar-refractivity contribution in [2.24, 2.45) is 0 Å². The standard InChI is InChI=1S/C18H17FN2O3S/c19-14-8-6-13(7-9-14)10-20-16-11-25(23,24)12-17(16)21(18(20)22)15-4-2-1-3-5-15/h1-9,16-17H,10-12H2/t16-,17+/m1/s1. The summed E-state index contributed by atoms with van der Waals surface area (Å²) in [6, 6.07) is 14.0. The molecule has 2 heterocycles. The molecule has 130 valence electrons. The van der Waals surface area contributed by atoms with E-state index < -0.39 is 9.84 Å². The number of rotatable bonds is 3. The Labute approximate surface area is 145 Å². The summed E-state index contributed by atoms with van der Waals surface area (Å²) in [5.74, 6) is -0.407. The first-order valence-electron chi connectivity index (χ1n) is 8.04. The van der Waals surface area contributed by atoms with Gasteiger partial charge in [0.05, 0.1) is 23.6 Å². The van der Waals surface area contributed by atoms with Crippen molar-refractivity contribution in [1.82, 2.24) is 4.90 Å². The van der Waals surface area contributed by atoms with Crippen molar-refractivity contribution in [1.29, 1.82) is 0 Å². The third-order valence-electron chi connectivity index (χ3n) is 4.78. The zero-order chi connectivity index (χ0) is 17.6. The summed E-state index contributed by atoms with van der Waals surface area (Å²) in [5.41, 5.74) is 1.47. The van der Waals surface area contributed by atoms with E-state index in [9.17, 15) is 17.6 Å². The molecule has 0 N–H and O–H groups in total. The molecule has 0 saturated carbocycles. The topological polar surface area (TPSA) is 57.7 Å². The van der Waals surface area contributed by atoms with Gasteiger partial charge in [0.15, 0.2) is 9.84 Å². The number of anilines is 1. The minimum atomic E-state index is -3.20. The lowest BCUT2D eigenvalue weighted by atomic mass is 10.1. The van der Waals surface area contributed by atoms with E-state index in [4.69, 9.17) is 0 Å². The molecule has 0 aliphatic carbocycles. The largest absolute Gasteiger partial charge is 0.325 e. The van der Waals surface area contributed by atoms with E-state index in [1.807, 2.05) is 18.2 Å². The third-order valence-corrected chi connectivity index (χ3v) is 6.48. The van der Waals surface area contributed by atoms with Crippen LogP contribution in [0, 0.1) is 5.82 Å². The van der Waals surface area contributed by atoms with Crippen molar-refractivity contribution in [2.45, 2.75) is 18.6 Å². The Morgan fingerprint density at radius 3 is 2.28 bits per heavy atom. The summed E-state index contributed by atoms with van der Waals surface area (Å²) in [6.07, 6.45) is 0. The van der Waals surface area contributed by atoms with Crippen LogP contribution in [0.25, 0.3) is 0 Å². The zero-order valence-electron chi connectivity index (χ0n) is 13.4. The SMILES string of the molecule is O=C1N(Cc2ccc(F)cc2)[C@@H]2CS(=O)(=O)C[C@@H]2N1c1ccccc1. The summed E-state index contributed by atoms with van der Waals surface area (Å²) in [7, 11) is -3.20. The molecule has 4 rings (SSSR count). The smallest absolute Gasteiger partial charge is 0.314 e. The van der Waals surface area contributed by atoms with Crippen molar-refractivity contribution in [3.8, 4) is 0 Å². The lowest BCUT2D eigenvalue weighted by Crippen LogP contribution is -2.37. The van der Waals surface area contributed by atoms with E-state index >= 15 is 0 Å². The number of sulfone groups is 1. The van der Waals surface area contributed by atoms with Crippen LogP contribution in [0.4, 0.5) is 14.9 Å². The Hall–Kier alpha value is -2.41. The first-order chi connectivity index (χ1) is 11.9. The predicted molar refractivity (Wildman–Crippen MR) is 92.5 cm³/mol. The van der Waals surface area contributed by atoms with Crippen molar-refractivity contribution in [2.75, 3.05) is 16.4 Å². The molecule has 0 unspecified atom stereocenters. The second-order valence-corrected chi connectivity index (χ2v) is 8.61. The molecule has 7 heteroatoms. The number of nitrogens with zero attached hydrogens (tertiary/aromatic N) is 2. The van der Waals surface area contributed by atoms with Gasteiger partial charge in [-0.15, -0.1) is 0 Å². The van der Waals surface area contributed by atoms with Crippen LogP contribution in [0.5, 0.6) is 0 Å². The van der Waals surface area contributed by atoms with Gasteiger partial charge in [-0.3, -0.25) is 4.90 Å². The summed E-state index contributed by atoms with van der Waals surface area (Å²) >= 11 is 0. The number of benzene rings is 2. The molecule has 2 atom stereocenters. The van der Waals surface area contributed by atoms with Gasteiger partial charge in [-0.25, -0.2) is 17.6 Å². The minimum Gasteiger partial charge on any atom is -0.314 e. The maximum Gasteiger partial charge on any atom is 0.325 e. The molecule has 2 aliphatic heterocycles. The molecule has 2 fully saturated rings. The van der Waals surface area contributed by atoms with Crippen LogP contribution >= 0.6 is 0 Å². The third kappa shape index (κ3) is 2.89. The highest BCUT2D eigenvalue weighted by Gasteiger charge is 2.53. The average Bonchev–Trinajstić information content (AvgIpc) is 3.01. The van der Waals surface area contributed by atoms with Gasteiger partial charge >= 0.3 is 6.03 Å². The maximum atomic E-state index is 13.1. The highest BCUT2D eigenvalue weighted by atomic mass is 32.2. The normalized spacial score (nSPS) is 24.6. The Morgan fingerprint density at radius 2 is 1.60 bits per heavy atom. The minimum absolute atomic E-state index is 0.0295. The lowest BCUT2D eigenvalue weighted by molar-refractivity contribution is 0.206. The molecule has 0 bridgehead atoms. The fraction of sp³-hybridized carbons (Fsp3) is 0.278. The molecule has 2 amide bonds. The van der Waals surface area contributed by atoms with Gasteiger partial charge in [0, 0.05) is 12.2 Å². The van der Waals surface area contributed by atoms with Crippen LogP contribution in [-0.2, 0) is 16.4 Å². The predicted octanol–water partition coefficient (Wildman–Crippen LogP) is 2.43.